The molecule has 0 saturated carbocycles. The van der Waals surface area contributed by atoms with Gasteiger partial charge in [0.15, 0.2) is 16.8 Å². The number of hydrogen-bond acceptors (Lipinski definition) is 13. The predicted octanol–water partition coefficient (Wildman–Crippen LogP) is 2.84. The van der Waals surface area contributed by atoms with Crippen LogP contribution in [0.25, 0.3) is 21.9 Å². The zero-order valence-corrected chi connectivity index (χ0v) is 28.5. The van der Waals surface area contributed by atoms with Crippen LogP contribution in [-0.4, -0.2) is 77.9 Å². The van der Waals surface area contributed by atoms with Gasteiger partial charge in [-0.15, -0.1) is 0 Å². The highest BCUT2D eigenvalue weighted by Gasteiger charge is 2.64. The number of nitrogen functional groups attached to an aromatic ring is 1. The number of nitrogens with zero attached hydrogens (tertiary/aromatic N) is 4. The van der Waals surface area contributed by atoms with Gasteiger partial charge in [-0.1, -0.05) is 57.2 Å². The lowest BCUT2D eigenvalue weighted by molar-refractivity contribution is -0.317. The maximum atomic E-state index is 11.6. The van der Waals surface area contributed by atoms with Crippen molar-refractivity contribution in [2.75, 3.05) is 26.1 Å². The van der Waals surface area contributed by atoms with Crippen molar-refractivity contribution in [2.24, 2.45) is 5.41 Å². The third-order valence-electron chi connectivity index (χ3n) is 7.42. The largest absolute Gasteiger partial charge is 0.479 e. The minimum Gasteiger partial charge on any atom is -0.479 e. The quantitative estimate of drug-likeness (QED) is 0.0988. The summed E-state index contributed by atoms with van der Waals surface area (Å²) < 4.78 is 29.9. The molecule has 3 heterocycles. The number of fused-ring (bicyclic) bond motifs is 2. The van der Waals surface area contributed by atoms with Crippen LogP contribution in [0.2, 0.25) is 0 Å². The van der Waals surface area contributed by atoms with E-state index in [0.717, 1.165) is 28.6 Å². The minimum absolute atomic E-state index is 0.0265. The summed E-state index contributed by atoms with van der Waals surface area (Å²) in [6.07, 6.45) is -1.97. The molecular weight excluding hydrogens is 651 g/mol. The number of imidazole rings is 1. The van der Waals surface area contributed by atoms with Gasteiger partial charge >= 0.3 is 5.95 Å². The van der Waals surface area contributed by atoms with Crippen LogP contribution in [0.1, 0.15) is 34.6 Å². The van der Waals surface area contributed by atoms with Crippen LogP contribution in [0.15, 0.2) is 60.4 Å². The topological polar surface area (TPSA) is 209 Å². The van der Waals surface area contributed by atoms with Gasteiger partial charge in [-0.3, -0.25) is 4.57 Å². The first kappa shape index (κ1) is 34.7. The molecule has 17 heteroatoms. The summed E-state index contributed by atoms with van der Waals surface area (Å²) in [7, 11) is 1.35. The maximum absolute atomic E-state index is 11.6. The number of aliphatic hydroxyl groups excluding tert-OH is 1. The number of aliphatic hydroxyl groups is 3. The Hall–Kier alpha value is -3.60. The van der Waals surface area contributed by atoms with Crippen molar-refractivity contribution in [3.8, 4) is 11.6 Å². The first-order valence-electron chi connectivity index (χ1n) is 14.6. The Kier molecular flexibility index (Phi) is 9.44. The number of allylic oxidation sites excluding steroid dienone is 1. The molecule has 254 valence electrons. The molecule has 0 radical (unpaired) electrons. The van der Waals surface area contributed by atoms with Crippen molar-refractivity contribution in [1.29, 1.82) is 0 Å². The van der Waals surface area contributed by atoms with Crippen LogP contribution in [0.5, 0.6) is 11.6 Å². The number of aromatic nitrogens is 4. The average molecular weight is 691 g/mol. The Morgan fingerprint density at radius 1 is 1.17 bits per heavy atom. The Bertz CT molecular complexity index is 1860. The van der Waals surface area contributed by atoms with Crippen LogP contribution in [-0.2, 0) is 31.7 Å². The molecule has 7 N–H and O–H groups in total. The van der Waals surface area contributed by atoms with Gasteiger partial charge in [-0.25, -0.2) is 4.98 Å². The highest BCUT2D eigenvalue weighted by molar-refractivity contribution is 8.08. The van der Waals surface area contributed by atoms with E-state index in [-0.39, 0.29) is 46.7 Å². The highest BCUT2D eigenvalue weighted by Crippen LogP contribution is 2.46. The predicted molar refractivity (Wildman–Crippen MR) is 176 cm³/mol. The number of rotatable bonds is 11. The normalized spacial score (nSPS) is 25.0. The van der Waals surface area contributed by atoms with Crippen molar-refractivity contribution >= 4 is 46.3 Å². The molecule has 1 saturated heterocycles. The molecule has 5 atom stereocenters. The molecule has 2 aromatic heterocycles. The monoisotopic (exact) mass is 690 g/mol. The lowest BCUT2D eigenvalue weighted by Gasteiger charge is -2.34. The second-order valence-electron chi connectivity index (χ2n) is 12.5. The standard InChI is InChI=1S/C30H39N6O9PS/c1-17(26(42-15-28(2,3)4)44-20-13-9-11-18-10-7-8-12-19(18)20)35-46(40,47)43-14-21-23(37)29(5,38)30(39,45-21)36-16-32-22-24(36)33-27(31)34-25(22)41-6/h7-13,16,21,23,37-39H,14-15H2,1-6H3,(H2,31,33,34)(H2,35,40,47)/t21-,23-,29-,30+,46+/m1/s1. The number of hydrogen-bond donors (Lipinski definition) is 6. The molecular formula is C30H39N6O9PS. The third kappa shape index (κ3) is 7.00. The summed E-state index contributed by atoms with van der Waals surface area (Å²) in [6, 6.07) is 13.3. The van der Waals surface area contributed by atoms with Crippen molar-refractivity contribution in [3.63, 3.8) is 0 Å². The Morgan fingerprint density at radius 2 is 1.87 bits per heavy atom. The van der Waals surface area contributed by atoms with Crippen LogP contribution in [0.4, 0.5) is 5.95 Å². The molecule has 1 fully saturated rings. The Labute approximate surface area is 276 Å². The first-order chi connectivity index (χ1) is 22.0. The smallest absolute Gasteiger partial charge is 0.304 e. The van der Waals surface area contributed by atoms with Crippen molar-refractivity contribution in [3.05, 3.63) is 60.4 Å². The molecule has 5 rings (SSSR count). The van der Waals surface area contributed by atoms with E-state index in [4.69, 9.17) is 41.0 Å². The first-order valence-corrected chi connectivity index (χ1v) is 17.2. The second-order valence-corrected chi connectivity index (χ2v) is 15.5. The fourth-order valence-electron chi connectivity index (χ4n) is 4.97. The lowest BCUT2D eigenvalue weighted by Crippen LogP contribution is -2.55. The molecule has 15 nitrogen and oxygen atoms in total. The van der Waals surface area contributed by atoms with Gasteiger partial charge in [0.1, 0.15) is 24.3 Å². The van der Waals surface area contributed by atoms with E-state index >= 15 is 0 Å². The number of ether oxygens (including phenoxy) is 4. The van der Waals surface area contributed by atoms with E-state index in [1.165, 1.54) is 7.11 Å². The van der Waals surface area contributed by atoms with Gasteiger partial charge in [-0.05, 0) is 42.5 Å². The number of methoxy groups -OCH3 is 1. The van der Waals surface area contributed by atoms with Gasteiger partial charge in [0.25, 0.3) is 12.6 Å². The minimum atomic E-state index is -3.86. The van der Waals surface area contributed by atoms with Crippen LogP contribution < -0.4 is 20.3 Å². The summed E-state index contributed by atoms with van der Waals surface area (Å²) in [5, 5.41) is 38.5. The zero-order valence-electron chi connectivity index (χ0n) is 26.7. The molecule has 47 heavy (non-hydrogen) atoms. The molecule has 0 aliphatic carbocycles. The van der Waals surface area contributed by atoms with E-state index in [1.54, 1.807) is 13.0 Å². The summed E-state index contributed by atoms with van der Waals surface area (Å²) in [5.74, 6) is -2.17. The van der Waals surface area contributed by atoms with E-state index < -0.39 is 37.0 Å². The van der Waals surface area contributed by atoms with Gasteiger partial charge in [0.2, 0.25) is 11.8 Å². The fourth-order valence-corrected chi connectivity index (χ4v) is 6.50. The molecule has 2 aromatic carbocycles. The number of anilines is 1. The molecule has 0 bridgehead atoms. The Balaban J connectivity index is 1.36. The van der Waals surface area contributed by atoms with Crippen LogP contribution in [0.3, 0.4) is 0 Å². The van der Waals surface area contributed by atoms with Crippen LogP contribution >= 0.6 is 6.64 Å². The highest BCUT2D eigenvalue weighted by atomic mass is 32.5. The van der Waals surface area contributed by atoms with Crippen molar-refractivity contribution in [2.45, 2.75) is 58.3 Å². The summed E-state index contributed by atoms with van der Waals surface area (Å²) in [4.78, 5) is 23.3. The van der Waals surface area contributed by atoms with Gasteiger partial charge in [0.05, 0.1) is 26.0 Å². The number of benzene rings is 2. The third-order valence-corrected chi connectivity index (χ3v) is 9.13. The summed E-state index contributed by atoms with van der Waals surface area (Å²) in [5.41, 5.74) is 3.58. The molecule has 0 unspecified atom stereocenters. The summed E-state index contributed by atoms with van der Waals surface area (Å²) in [6.45, 7) is 4.65. The van der Waals surface area contributed by atoms with Crippen LogP contribution in [0, 0.1) is 5.41 Å². The average Bonchev–Trinajstić information content (AvgIpc) is 3.50. The summed E-state index contributed by atoms with van der Waals surface area (Å²) >= 11 is 5.38. The molecule has 4 aromatic rings. The number of nitrogens with two attached hydrogens (primary N) is 1. The van der Waals surface area contributed by atoms with E-state index in [2.05, 4.69) is 20.0 Å². The van der Waals surface area contributed by atoms with Gasteiger partial charge in [-0.2, -0.15) is 9.97 Å². The van der Waals surface area contributed by atoms with Crippen molar-refractivity contribution in [1.82, 2.24) is 24.6 Å². The number of nitrogens with one attached hydrogen (secondary N) is 1. The van der Waals surface area contributed by atoms with Gasteiger partial charge < -0.3 is 54.5 Å². The van der Waals surface area contributed by atoms with E-state index in [0.29, 0.717) is 5.75 Å². The molecule has 0 spiro atoms. The molecule has 1 aliphatic rings. The lowest BCUT2D eigenvalue weighted by atomic mass is 9.94. The van der Waals surface area contributed by atoms with E-state index in [9.17, 15) is 20.2 Å². The second kappa shape index (κ2) is 12.8. The SMILES string of the molecule is COc1nc(N)nc2c1ncn2[C@@]1(O)O[C@H](CO[P@](O)(=S)NC(C)=C(OCC(C)(C)C)Oc2cccc3ccccc23)[C@@H](O)[C@@]1(C)O. The van der Waals surface area contributed by atoms with Gasteiger partial charge in [0, 0.05) is 5.39 Å². The zero-order chi connectivity index (χ0) is 34.4. The molecule has 0 amide bonds. The van der Waals surface area contributed by atoms with E-state index in [1.807, 2.05) is 57.2 Å². The fraction of sp³-hybridized carbons (Fsp3) is 0.433. The Morgan fingerprint density at radius 3 is 2.57 bits per heavy atom. The maximum Gasteiger partial charge on any atom is 0.304 e. The molecule has 1 aliphatic heterocycles. The van der Waals surface area contributed by atoms with Crippen molar-refractivity contribution < 1.29 is 43.7 Å².